The van der Waals surface area contributed by atoms with E-state index in [0.717, 1.165) is 38.8 Å². The summed E-state index contributed by atoms with van der Waals surface area (Å²) in [6.45, 7) is 0. The molecule has 0 N–H and O–H groups in total. The number of para-hydroxylation sites is 2. The standard InChI is InChI=1S/C28H17N3O/c1-3-7-25-21(5-1)23-13-18(19-15-29-17-30-16-19)9-11-26(23)31(25)20-10-12-28-24(14-20)22-6-2-4-8-27(22)32-28/h1-17H. The number of benzene rings is 4. The molecule has 4 nitrogen and oxygen atoms in total. The molecule has 0 aliphatic rings. The second kappa shape index (κ2) is 6.53. The van der Waals surface area contributed by atoms with E-state index in [4.69, 9.17) is 4.42 Å². The van der Waals surface area contributed by atoms with Crippen molar-refractivity contribution in [2.24, 2.45) is 0 Å². The van der Waals surface area contributed by atoms with Crippen LogP contribution in [0, 0.1) is 0 Å². The van der Waals surface area contributed by atoms with Gasteiger partial charge in [-0.2, -0.15) is 0 Å². The highest BCUT2D eigenvalue weighted by Crippen LogP contribution is 2.36. The van der Waals surface area contributed by atoms with Crippen LogP contribution < -0.4 is 0 Å². The smallest absolute Gasteiger partial charge is 0.135 e. The molecule has 0 saturated heterocycles. The Morgan fingerprint density at radius 3 is 2.22 bits per heavy atom. The Balaban J connectivity index is 1.53. The lowest BCUT2D eigenvalue weighted by atomic mass is 10.1. The van der Waals surface area contributed by atoms with E-state index in [9.17, 15) is 0 Å². The van der Waals surface area contributed by atoms with Crippen molar-refractivity contribution in [3.63, 3.8) is 0 Å². The molecule has 0 fully saturated rings. The van der Waals surface area contributed by atoms with Gasteiger partial charge < -0.3 is 8.98 Å². The van der Waals surface area contributed by atoms with E-state index in [1.54, 1.807) is 6.33 Å². The monoisotopic (exact) mass is 411 g/mol. The van der Waals surface area contributed by atoms with Gasteiger partial charge in [0.1, 0.15) is 17.5 Å². The molecule has 0 spiro atoms. The van der Waals surface area contributed by atoms with Gasteiger partial charge in [-0.1, -0.05) is 42.5 Å². The summed E-state index contributed by atoms with van der Waals surface area (Å²) in [4.78, 5) is 8.36. The molecule has 150 valence electrons. The van der Waals surface area contributed by atoms with E-state index in [-0.39, 0.29) is 0 Å². The predicted molar refractivity (Wildman–Crippen MR) is 129 cm³/mol. The van der Waals surface area contributed by atoms with Gasteiger partial charge in [0.25, 0.3) is 0 Å². The molecule has 32 heavy (non-hydrogen) atoms. The molecule has 7 rings (SSSR count). The van der Waals surface area contributed by atoms with Crippen LogP contribution in [0.3, 0.4) is 0 Å². The average molecular weight is 411 g/mol. The minimum atomic E-state index is 0.905. The summed E-state index contributed by atoms with van der Waals surface area (Å²) in [5, 5.41) is 4.69. The topological polar surface area (TPSA) is 43.9 Å². The van der Waals surface area contributed by atoms with Crippen LogP contribution in [0.2, 0.25) is 0 Å². The van der Waals surface area contributed by atoms with Crippen molar-refractivity contribution in [3.05, 3.63) is 104 Å². The van der Waals surface area contributed by atoms with Crippen LogP contribution >= 0.6 is 0 Å². The van der Waals surface area contributed by atoms with Gasteiger partial charge in [0.05, 0.1) is 11.0 Å². The van der Waals surface area contributed by atoms with Crippen LogP contribution in [0.25, 0.3) is 60.6 Å². The fourth-order valence-corrected chi connectivity index (χ4v) is 4.73. The summed E-state index contributed by atoms with van der Waals surface area (Å²) in [5.74, 6) is 0. The van der Waals surface area contributed by atoms with Crippen LogP contribution in [0.5, 0.6) is 0 Å². The summed E-state index contributed by atoms with van der Waals surface area (Å²) in [6.07, 6.45) is 5.26. The van der Waals surface area contributed by atoms with Gasteiger partial charge in [0, 0.05) is 45.2 Å². The van der Waals surface area contributed by atoms with Crippen molar-refractivity contribution < 1.29 is 4.42 Å². The van der Waals surface area contributed by atoms with Crippen LogP contribution in [0.4, 0.5) is 0 Å². The van der Waals surface area contributed by atoms with E-state index in [1.807, 2.05) is 24.5 Å². The number of hydrogen-bond donors (Lipinski definition) is 0. The van der Waals surface area contributed by atoms with Gasteiger partial charge in [-0.3, -0.25) is 0 Å². The Kier molecular flexibility index (Phi) is 3.52. The first-order chi connectivity index (χ1) is 15.9. The minimum Gasteiger partial charge on any atom is -0.456 e. The lowest BCUT2D eigenvalue weighted by Gasteiger charge is -2.08. The van der Waals surface area contributed by atoms with Gasteiger partial charge in [-0.15, -0.1) is 0 Å². The third-order valence-corrected chi connectivity index (χ3v) is 6.18. The van der Waals surface area contributed by atoms with Crippen molar-refractivity contribution in [2.75, 3.05) is 0 Å². The fourth-order valence-electron chi connectivity index (χ4n) is 4.73. The first-order valence-electron chi connectivity index (χ1n) is 10.6. The highest BCUT2D eigenvalue weighted by atomic mass is 16.3. The number of aromatic nitrogens is 3. The minimum absolute atomic E-state index is 0.905. The molecule has 0 bridgehead atoms. The normalized spacial score (nSPS) is 11.8. The summed E-state index contributed by atoms with van der Waals surface area (Å²) in [6, 6.07) is 29.7. The average Bonchev–Trinajstić information content (AvgIpc) is 3.39. The molecule has 7 aromatic rings. The molecule has 3 aromatic heterocycles. The fraction of sp³-hybridized carbons (Fsp3) is 0. The Bertz CT molecular complexity index is 1780. The summed E-state index contributed by atoms with van der Waals surface area (Å²) >= 11 is 0. The molecule has 0 radical (unpaired) electrons. The molecule has 0 amide bonds. The Morgan fingerprint density at radius 2 is 1.31 bits per heavy atom. The maximum Gasteiger partial charge on any atom is 0.135 e. The number of nitrogens with zero attached hydrogens (tertiary/aromatic N) is 3. The largest absolute Gasteiger partial charge is 0.456 e. The van der Waals surface area contributed by atoms with Gasteiger partial charge >= 0.3 is 0 Å². The zero-order valence-corrected chi connectivity index (χ0v) is 17.1. The number of furan rings is 1. The molecule has 0 atom stereocenters. The van der Waals surface area contributed by atoms with Crippen molar-refractivity contribution in [1.29, 1.82) is 0 Å². The third kappa shape index (κ3) is 2.44. The lowest BCUT2D eigenvalue weighted by molar-refractivity contribution is 0.669. The SMILES string of the molecule is c1ccc2c(c1)oc1ccc(-n3c4ccccc4c4cc(-c5cncnc5)ccc43)cc12. The second-order valence-electron chi connectivity index (χ2n) is 7.99. The Morgan fingerprint density at radius 1 is 0.562 bits per heavy atom. The molecular weight excluding hydrogens is 394 g/mol. The van der Waals surface area contributed by atoms with E-state index in [1.165, 1.54) is 21.8 Å². The Labute approximate surface area is 183 Å². The van der Waals surface area contributed by atoms with E-state index in [0.29, 0.717) is 0 Å². The predicted octanol–water partition coefficient (Wildman–Crippen LogP) is 7.14. The van der Waals surface area contributed by atoms with E-state index < -0.39 is 0 Å². The van der Waals surface area contributed by atoms with Gasteiger partial charge in [-0.05, 0) is 48.0 Å². The third-order valence-electron chi connectivity index (χ3n) is 6.18. The molecule has 4 heteroatoms. The first-order valence-corrected chi connectivity index (χ1v) is 10.6. The van der Waals surface area contributed by atoms with E-state index >= 15 is 0 Å². The lowest BCUT2D eigenvalue weighted by Crippen LogP contribution is -1.93. The molecule has 0 aliphatic carbocycles. The molecule has 4 aromatic carbocycles. The first kappa shape index (κ1) is 17.3. The highest BCUT2D eigenvalue weighted by molar-refractivity contribution is 6.11. The molecule has 0 saturated carbocycles. The number of rotatable bonds is 2. The number of hydrogen-bond acceptors (Lipinski definition) is 3. The van der Waals surface area contributed by atoms with Crippen LogP contribution in [0.1, 0.15) is 0 Å². The molecule has 3 heterocycles. The Hall–Kier alpha value is -4.44. The molecule has 0 aliphatic heterocycles. The van der Waals surface area contributed by atoms with Crippen molar-refractivity contribution in [2.45, 2.75) is 0 Å². The van der Waals surface area contributed by atoms with Crippen LogP contribution in [-0.4, -0.2) is 14.5 Å². The number of fused-ring (bicyclic) bond motifs is 6. The second-order valence-corrected chi connectivity index (χ2v) is 7.99. The molecule has 0 unspecified atom stereocenters. The van der Waals surface area contributed by atoms with Gasteiger partial charge in [0.15, 0.2) is 0 Å². The van der Waals surface area contributed by atoms with E-state index in [2.05, 4.69) is 87.3 Å². The highest BCUT2D eigenvalue weighted by Gasteiger charge is 2.15. The zero-order valence-electron chi connectivity index (χ0n) is 17.1. The van der Waals surface area contributed by atoms with Crippen molar-refractivity contribution in [3.8, 4) is 16.8 Å². The maximum absolute atomic E-state index is 6.04. The maximum atomic E-state index is 6.04. The zero-order chi connectivity index (χ0) is 21.1. The van der Waals surface area contributed by atoms with Crippen LogP contribution in [0.15, 0.2) is 108 Å². The summed E-state index contributed by atoms with van der Waals surface area (Å²) < 4.78 is 8.37. The van der Waals surface area contributed by atoms with Crippen molar-refractivity contribution in [1.82, 2.24) is 14.5 Å². The van der Waals surface area contributed by atoms with Gasteiger partial charge in [-0.25, -0.2) is 9.97 Å². The van der Waals surface area contributed by atoms with Crippen LogP contribution in [-0.2, 0) is 0 Å². The summed E-state index contributed by atoms with van der Waals surface area (Å²) in [5.41, 5.74) is 7.40. The van der Waals surface area contributed by atoms with Crippen molar-refractivity contribution >= 4 is 43.7 Å². The van der Waals surface area contributed by atoms with Gasteiger partial charge in [0.2, 0.25) is 0 Å². The quantitative estimate of drug-likeness (QED) is 0.304. The molecular formula is C28H17N3O. The summed E-state index contributed by atoms with van der Waals surface area (Å²) in [7, 11) is 0.